The van der Waals surface area contributed by atoms with Gasteiger partial charge >= 0.3 is 0 Å². The van der Waals surface area contributed by atoms with E-state index in [4.69, 9.17) is 5.73 Å². The standard InChI is InChI=1S/C13H18N4O3/c1-8-4-3-5-16(9(8)2)13(18)10-6-12(14)15-7-11(10)17(19)20/h6-9H,3-5H2,1-2H3,(H2,14,15). The van der Waals surface area contributed by atoms with Crippen molar-refractivity contribution in [3.05, 3.63) is 27.9 Å². The van der Waals surface area contributed by atoms with Gasteiger partial charge in [-0.05, 0) is 31.7 Å². The van der Waals surface area contributed by atoms with Gasteiger partial charge in [0.2, 0.25) is 0 Å². The summed E-state index contributed by atoms with van der Waals surface area (Å²) in [4.78, 5) is 28.4. The van der Waals surface area contributed by atoms with E-state index in [9.17, 15) is 14.9 Å². The van der Waals surface area contributed by atoms with Crippen LogP contribution in [0.4, 0.5) is 11.5 Å². The Kier molecular flexibility index (Phi) is 3.87. The summed E-state index contributed by atoms with van der Waals surface area (Å²) in [5, 5.41) is 11.0. The number of pyridine rings is 1. The maximum Gasteiger partial charge on any atom is 0.300 e. The Bertz CT molecular complexity index is 546. The Balaban J connectivity index is 2.37. The first-order valence-corrected chi connectivity index (χ1v) is 6.62. The molecule has 2 N–H and O–H groups in total. The summed E-state index contributed by atoms with van der Waals surface area (Å²) >= 11 is 0. The van der Waals surface area contributed by atoms with Crippen molar-refractivity contribution in [2.75, 3.05) is 12.3 Å². The van der Waals surface area contributed by atoms with Gasteiger partial charge in [-0.3, -0.25) is 14.9 Å². The molecule has 2 unspecified atom stereocenters. The second kappa shape index (κ2) is 5.44. The molecule has 2 atom stereocenters. The van der Waals surface area contributed by atoms with Gasteiger partial charge in [0, 0.05) is 12.6 Å². The Morgan fingerprint density at radius 2 is 2.25 bits per heavy atom. The molecule has 1 fully saturated rings. The zero-order valence-electron chi connectivity index (χ0n) is 11.6. The number of hydrogen-bond donors (Lipinski definition) is 1. The molecule has 0 aliphatic carbocycles. The largest absolute Gasteiger partial charge is 0.384 e. The van der Waals surface area contributed by atoms with E-state index in [1.807, 2.05) is 6.92 Å². The summed E-state index contributed by atoms with van der Waals surface area (Å²) in [6.45, 7) is 4.67. The van der Waals surface area contributed by atoms with Crippen molar-refractivity contribution in [1.29, 1.82) is 0 Å². The lowest BCUT2D eigenvalue weighted by Crippen LogP contribution is -2.46. The van der Waals surface area contributed by atoms with Gasteiger partial charge in [0.1, 0.15) is 17.6 Å². The lowest BCUT2D eigenvalue weighted by Gasteiger charge is -2.37. The first-order valence-electron chi connectivity index (χ1n) is 6.62. The van der Waals surface area contributed by atoms with Crippen LogP contribution in [0.2, 0.25) is 0 Å². The summed E-state index contributed by atoms with van der Waals surface area (Å²) in [5.74, 6) is 0.146. The number of aromatic nitrogens is 1. The highest BCUT2D eigenvalue weighted by Crippen LogP contribution is 2.27. The lowest BCUT2D eigenvalue weighted by molar-refractivity contribution is -0.385. The molecule has 0 aromatic carbocycles. The minimum atomic E-state index is -0.599. The number of carbonyl (C=O) groups is 1. The molecule has 1 aliphatic heterocycles. The molecule has 0 radical (unpaired) electrons. The van der Waals surface area contributed by atoms with Crippen molar-refractivity contribution in [1.82, 2.24) is 9.88 Å². The van der Waals surface area contributed by atoms with Crippen molar-refractivity contribution in [3.8, 4) is 0 Å². The second-order valence-electron chi connectivity index (χ2n) is 5.24. The van der Waals surface area contributed by atoms with Gasteiger partial charge in [-0.2, -0.15) is 0 Å². The van der Waals surface area contributed by atoms with Gasteiger partial charge in [0.05, 0.1) is 4.92 Å². The molecular formula is C13H18N4O3. The monoisotopic (exact) mass is 278 g/mol. The average Bonchev–Trinajstić information content (AvgIpc) is 2.40. The predicted molar refractivity (Wildman–Crippen MR) is 74.2 cm³/mol. The number of nitro groups is 1. The molecule has 20 heavy (non-hydrogen) atoms. The van der Waals surface area contributed by atoms with Gasteiger partial charge < -0.3 is 10.6 Å². The Morgan fingerprint density at radius 3 is 2.90 bits per heavy atom. The summed E-state index contributed by atoms with van der Waals surface area (Å²) in [6, 6.07) is 1.34. The Labute approximate surface area is 116 Å². The van der Waals surface area contributed by atoms with E-state index in [0.717, 1.165) is 19.0 Å². The number of nitrogens with zero attached hydrogens (tertiary/aromatic N) is 3. The molecule has 7 heteroatoms. The summed E-state index contributed by atoms with van der Waals surface area (Å²) in [7, 11) is 0. The average molecular weight is 278 g/mol. The van der Waals surface area contributed by atoms with Crippen LogP contribution < -0.4 is 5.73 Å². The lowest BCUT2D eigenvalue weighted by atomic mass is 9.91. The van der Waals surface area contributed by atoms with Crippen LogP contribution in [0.15, 0.2) is 12.3 Å². The molecule has 0 saturated carbocycles. The molecule has 1 aromatic heterocycles. The highest BCUT2D eigenvalue weighted by molar-refractivity contribution is 5.98. The fourth-order valence-corrected chi connectivity index (χ4v) is 2.56. The van der Waals surface area contributed by atoms with Crippen LogP contribution in [0.5, 0.6) is 0 Å². The minimum Gasteiger partial charge on any atom is -0.384 e. The number of carbonyl (C=O) groups excluding carboxylic acids is 1. The van der Waals surface area contributed by atoms with Crippen LogP contribution in [0.3, 0.4) is 0 Å². The summed E-state index contributed by atoms with van der Waals surface area (Å²) < 4.78 is 0. The van der Waals surface area contributed by atoms with E-state index in [1.165, 1.54) is 6.07 Å². The van der Waals surface area contributed by atoms with Crippen molar-refractivity contribution < 1.29 is 9.72 Å². The first kappa shape index (κ1) is 14.2. The molecule has 0 spiro atoms. The fraction of sp³-hybridized carbons (Fsp3) is 0.538. The van der Waals surface area contributed by atoms with Crippen LogP contribution >= 0.6 is 0 Å². The molecule has 0 bridgehead atoms. The van der Waals surface area contributed by atoms with Crippen molar-refractivity contribution in [2.24, 2.45) is 5.92 Å². The highest BCUT2D eigenvalue weighted by atomic mass is 16.6. The van der Waals surface area contributed by atoms with E-state index in [2.05, 4.69) is 11.9 Å². The fourth-order valence-electron chi connectivity index (χ4n) is 2.56. The quantitative estimate of drug-likeness (QED) is 0.656. The van der Waals surface area contributed by atoms with E-state index in [1.54, 1.807) is 4.90 Å². The third-order valence-electron chi connectivity index (χ3n) is 3.97. The first-order chi connectivity index (χ1) is 9.41. The van der Waals surface area contributed by atoms with E-state index < -0.39 is 4.92 Å². The van der Waals surface area contributed by atoms with Crippen molar-refractivity contribution >= 4 is 17.4 Å². The third-order valence-corrected chi connectivity index (χ3v) is 3.97. The SMILES string of the molecule is CC1CCCN(C(=O)c2cc(N)ncc2[N+](=O)[O-])C1C. The number of hydrogen-bond acceptors (Lipinski definition) is 5. The van der Waals surface area contributed by atoms with Crippen molar-refractivity contribution in [2.45, 2.75) is 32.7 Å². The summed E-state index contributed by atoms with van der Waals surface area (Å²) in [5.41, 5.74) is 5.27. The van der Waals surface area contributed by atoms with Gasteiger partial charge in [-0.15, -0.1) is 0 Å². The molecule has 1 saturated heterocycles. The number of piperidine rings is 1. The molecule has 7 nitrogen and oxygen atoms in total. The maximum absolute atomic E-state index is 12.6. The number of amides is 1. The number of nitrogen functional groups attached to an aromatic ring is 1. The van der Waals surface area contributed by atoms with Crippen LogP contribution in [0.25, 0.3) is 0 Å². The third kappa shape index (κ3) is 2.56. The van der Waals surface area contributed by atoms with E-state index in [-0.39, 0.29) is 29.0 Å². The Hall–Kier alpha value is -2.18. The Morgan fingerprint density at radius 1 is 1.55 bits per heavy atom. The molecule has 2 rings (SSSR count). The molecule has 1 amide bonds. The second-order valence-corrected chi connectivity index (χ2v) is 5.24. The molecule has 1 aromatic rings. The highest BCUT2D eigenvalue weighted by Gasteiger charge is 2.32. The van der Waals surface area contributed by atoms with Crippen LogP contribution in [0.1, 0.15) is 37.0 Å². The van der Waals surface area contributed by atoms with Crippen LogP contribution in [0, 0.1) is 16.0 Å². The van der Waals surface area contributed by atoms with Crippen LogP contribution in [-0.4, -0.2) is 33.3 Å². The number of likely N-dealkylation sites (tertiary alicyclic amines) is 1. The summed E-state index contributed by atoms with van der Waals surface area (Å²) in [6.07, 6.45) is 3.01. The van der Waals surface area contributed by atoms with Gasteiger partial charge in [-0.25, -0.2) is 4.98 Å². The number of anilines is 1. The normalized spacial score (nSPS) is 22.6. The number of rotatable bonds is 2. The number of nitrogens with two attached hydrogens (primary N) is 1. The zero-order chi connectivity index (χ0) is 14.9. The molecule has 1 aliphatic rings. The predicted octanol–water partition coefficient (Wildman–Crippen LogP) is 1.83. The van der Waals surface area contributed by atoms with Gasteiger partial charge in [0.25, 0.3) is 11.6 Å². The molecular weight excluding hydrogens is 260 g/mol. The van der Waals surface area contributed by atoms with Crippen LogP contribution in [-0.2, 0) is 0 Å². The van der Waals surface area contributed by atoms with E-state index >= 15 is 0 Å². The van der Waals surface area contributed by atoms with E-state index in [0.29, 0.717) is 12.5 Å². The molecule has 2 heterocycles. The minimum absolute atomic E-state index is 0.0171. The smallest absolute Gasteiger partial charge is 0.300 e. The topological polar surface area (TPSA) is 102 Å². The zero-order valence-corrected chi connectivity index (χ0v) is 11.6. The maximum atomic E-state index is 12.6. The van der Waals surface area contributed by atoms with Gasteiger partial charge in [-0.1, -0.05) is 6.92 Å². The van der Waals surface area contributed by atoms with Gasteiger partial charge in [0.15, 0.2) is 0 Å². The molecule has 108 valence electrons. The van der Waals surface area contributed by atoms with Crippen molar-refractivity contribution in [3.63, 3.8) is 0 Å².